The number of aliphatic hydroxyl groups excluding tert-OH is 2. The Balaban J connectivity index is 1.74. The van der Waals surface area contributed by atoms with Crippen LogP contribution in [0.5, 0.6) is 0 Å². The molecule has 0 unspecified atom stereocenters. The maximum absolute atomic E-state index is 13.8. The number of likely N-dealkylation sites (N-methyl/N-ethyl adjacent to an activating group) is 1. The summed E-state index contributed by atoms with van der Waals surface area (Å²) in [5, 5.41) is 33.2. The van der Waals surface area contributed by atoms with Crippen molar-refractivity contribution in [3.63, 3.8) is 0 Å². The summed E-state index contributed by atoms with van der Waals surface area (Å²) < 4.78 is 10.8. The lowest BCUT2D eigenvalue weighted by molar-refractivity contribution is -0.146. The van der Waals surface area contributed by atoms with E-state index in [1.807, 2.05) is 0 Å². The number of piperazine rings is 1. The molecular weight excluding hydrogens is 546 g/mol. The first-order valence-corrected chi connectivity index (χ1v) is 13.5. The van der Waals surface area contributed by atoms with Crippen molar-refractivity contribution in [2.24, 2.45) is 0 Å². The zero-order chi connectivity index (χ0) is 30.9. The van der Waals surface area contributed by atoms with Gasteiger partial charge in [0, 0.05) is 45.1 Å². The number of methoxy groups -OCH3 is 1. The highest BCUT2D eigenvalue weighted by molar-refractivity contribution is 6.50. The molecule has 0 amide bonds. The Morgan fingerprint density at radius 2 is 1.74 bits per heavy atom. The molecule has 42 heavy (non-hydrogen) atoms. The second kappa shape index (κ2) is 10.3. The van der Waals surface area contributed by atoms with Gasteiger partial charge < -0.3 is 19.7 Å². The fourth-order valence-electron chi connectivity index (χ4n) is 7.01. The van der Waals surface area contributed by atoms with Crippen LogP contribution >= 0.6 is 0 Å². The highest BCUT2D eigenvalue weighted by Gasteiger charge is 2.62. The van der Waals surface area contributed by atoms with Gasteiger partial charge in [-0.05, 0) is 41.2 Å². The van der Waals surface area contributed by atoms with Gasteiger partial charge >= 0.3 is 5.97 Å². The summed E-state index contributed by atoms with van der Waals surface area (Å²) >= 11 is 0. The summed E-state index contributed by atoms with van der Waals surface area (Å²) in [6.07, 6.45) is -0.0872. The number of carbonyl (C=O) groups is 5. The highest BCUT2D eigenvalue weighted by atomic mass is 16.5. The highest BCUT2D eigenvalue weighted by Crippen LogP contribution is 2.49. The van der Waals surface area contributed by atoms with Gasteiger partial charge in [-0.15, -0.1) is 0 Å². The fourth-order valence-corrected chi connectivity index (χ4v) is 7.01. The molecule has 2 N–H and O–H groups in total. The van der Waals surface area contributed by atoms with Crippen molar-refractivity contribution < 1.29 is 43.7 Å². The van der Waals surface area contributed by atoms with Gasteiger partial charge in [0.25, 0.3) is 0 Å². The summed E-state index contributed by atoms with van der Waals surface area (Å²) in [7, 11) is 2.90. The maximum Gasteiger partial charge on any atom is 0.333 e. The molecule has 1 fully saturated rings. The van der Waals surface area contributed by atoms with Crippen LogP contribution in [0.25, 0.3) is 0 Å². The van der Waals surface area contributed by atoms with E-state index in [0.29, 0.717) is 5.57 Å². The van der Waals surface area contributed by atoms with E-state index in [1.54, 1.807) is 36.8 Å². The van der Waals surface area contributed by atoms with Crippen molar-refractivity contribution in [1.29, 1.82) is 5.26 Å². The van der Waals surface area contributed by atoms with Gasteiger partial charge in [0.15, 0.2) is 11.5 Å². The molecule has 0 aromatic rings. The molecule has 5 aliphatic rings. The van der Waals surface area contributed by atoms with E-state index in [9.17, 15) is 39.4 Å². The molecule has 0 radical (unpaired) electrons. The molecule has 12 heteroatoms. The number of ether oxygens (including phenoxy) is 2. The number of Topliss-reactive ketones (excluding diaryl/α,β-unsaturated/α-hetero) is 4. The second-order valence-corrected chi connectivity index (χ2v) is 11.1. The number of esters is 1. The van der Waals surface area contributed by atoms with Crippen LogP contribution in [-0.4, -0.2) is 106 Å². The summed E-state index contributed by atoms with van der Waals surface area (Å²) in [5.74, 6) is -4.21. The number of nitriles is 1. The number of carbonyl (C=O) groups excluding carboxylic acids is 5. The molecule has 0 aromatic carbocycles. The molecule has 6 atom stereocenters. The van der Waals surface area contributed by atoms with Gasteiger partial charge in [0.05, 0.1) is 31.3 Å². The lowest BCUT2D eigenvalue weighted by Gasteiger charge is -2.61. The van der Waals surface area contributed by atoms with Crippen molar-refractivity contribution in [3.05, 3.63) is 56.6 Å². The molecule has 0 spiro atoms. The molecule has 0 aromatic heterocycles. The van der Waals surface area contributed by atoms with Crippen LogP contribution in [0, 0.1) is 11.3 Å². The lowest BCUT2D eigenvalue weighted by Crippen LogP contribution is -2.76. The van der Waals surface area contributed by atoms with Crippen molar-refractivity contribution >= 4 is 29.1 Å². The summed E-state index contributed by atoms with van der Waals surface area (Å²) in [6.45, 7) is 5.50. The van der Waals surface area contributed by atoms with E-state index in [-0.39, 0.29) is 45.6 Å². The third-order valence-corrected chi connectivity index (χ3v) is 9.21. The first-order valence-electron chi connectivity index (χ1n) is 13.5. The Morgan fingerprint density at radius 3 is 2.33 bits per heavy atom. The monoisotopic (exact) mass is 577 g/mol. The van der Waals surface area contributed by atoms with Crippen molar-refractivity contribution in [3.8, 4) is 6.07 Å². The molecule has 1 saturated heterocycles. The SMILES string of the molecule is C/C=C(/C)C(=O)OC[C@H]1C2=C(C[C@H]3[C@H]4C5=C(C(=O)C(C)=C(OC)C5=O)[C@H](O)[C@@H]([C@H](C#N)N13)N4C)C(O)=C(C)C(=O)C2=O. The van der Waals surface area contributed by atoms with E-state index in [0.717, 1.165) is 0 Å². The van der Waals surface area contributed by atoms with Crippen molar-refractivity contribution in [2.75, 3.05) is 20.8 Å². The van der Waals surface area contributed by atoms with Gasteiger partial charge in [0.2, 0.25) is 17.3 Å². The maximum atomic E-state index is 13.8. The van der Waals surface area contributed by atoms with E-state index < -0.39 is 77.8 Å². The second-order valence-electron chi connectivity index (χ2n) is 11.1. The number of aliphatic hydroxyl groups is 2. The molecule has 220 valence electrons. The number of hydrogen-bond acceptors (Lipinski definition) is 12. The average Bonchev–Trinajstić information content (AvgIpc) is 2.97. The standard InChI is InChI=1S/C30H31N3O9/c1-7-11(2)30(40)42-10-17-18-14(23(34)12(3)25(36)27(18)38)8-15-21-19-20(24(35)13(4)29(41-6)28(19)39)26(37)22(32(21)5)16(9-31)33(15)17/h7,15-17,21-22,26,34,37H,8,10H2,1-6H3/b11-7-/t15-,16-,17-,21-,22+,26-/m0/s1. The lowest BCUT2D eigenvalue weighted by atomic mass is 9.67. The first-order chi connectivity index (χ1) is 19.8. The predicted octanol–water partition coefficient (Wildman–Crippen LogP) is 0.537. The Bertz CT molecular complexity index is 1570. The zero-order valence-corrected chi connectivity index (χ0v) is 24.0. The third kappa shape index (κ3) is 3.81. The van der Waals surface area contributed by atoms with Gasteiger partial charge in [-0.3, -0.25) is 29.0 Å². The Hall–Kier alpha value is -4.18. The topological polar surface area (TPSA) is 175 Å². The number of fused-ring (bicyclic) bond motifs is 5. The number of nitrogens with zero attached hydrogens (tertiary/aromatic N) is 3. The molecule has 2 aliphatic carbocycles. The molecule has 3 heterocycles. The fraction of sp³-hybridized carbons (Fsp3) is 0.467. The van der Waals surface area contributed by atoms with Crippen LogP contribution in [0.3, 0.4) is 0 Å². The van der Waals surface area contributed by atoms with Crippen LogP contribution < -0.4 is 0 Å². The number of hydrogen-bond donors (Lipinski definition) is 2. The smallest absolute Gasteiger partial charge is 0.333 e. The van der Waals surface area contributed by atoms with Gasteiger partial charge in [-0.2, -0.15) is 5.26 Å². The summed E-state index contributed by atoms with van der Waals surface area (Å²) in [4.78, 5) is 69.5. The largest absolute Gasteiger partial charge is 0.507 e. The molecule has 5 rings (SSSR count). The van der Waals surface area contributed by atoms with E-state index in [1.165, 1.54) is 21.0 Å². The minimum Gasteiger partial charge on any atom is -0.507 e. The van der Waals surface area contributed by atoms with Gasteiger partial charge in [0.1, 0.15) is 24.5 Å². The third-order valence-electron chi connectivity index (χ3n) is 9.21. The van der Waals surface area contributed by atoms with Crippen LogP contribution in [0.2, 0.25) is 0 Å². The average molecular weight is 578 g/mol. The minimum absolute atomic E-state index is 0.00282. The van der Waals surface area contributed by atoms with E-state index in [4.69, 9.17) is 9.47 Å². The molecule has 12 nitrogen and oxygen atoms in total. The molecular formula is C30H31N3O9. The minimum atomic E-state index is -1.56. The zero-order valence-electron chi connectivity index (χ0n) is 24.0. The van der Waals surface area contributed by atoms with Crippen LogP contribution in [0.4, 0.5) is 0 Å². The molecule has 0 saturated carbocycles. The van der Waals surface area contributed by atoms with Crippen molar-refractivity contribution in [2.45, 2.75) is 70.4 Å². The van der Waals surface area contributed by atoms with Crippen LogP contribution in [-0.2, 0) is 33.4 Å². The van der Waals surface area contributed by atoms with Gasteiger partial charge in [-0.1, -0.05) is 6.08 Å². The number of ketones is 4. The first kappa shape index (κ1) is 29.3. The van der Waals surface area contributed by atoms with Crippen molar-refractivity contribution in [1.82, 2.24) is 9.80 Å². The number of rotatable bonds is 4. The Kier molecular flexibility index (Phi) is 7.17. The summed E-state index contributed by atoms with van der Waals surface area (Å²) in [5.41, 5.74) is 0.127. The van der Waals surface area contributed by atoms with Crippen LogP contribution in [0.15, 0.2) is 56.6 Å². The molecule has 2 bridgehead atoms. The Labute approximate surface area is 241 Å². The quantitative estimate of drug-likeness (QED) is 0.156. The molecule has 3 aliphatic heterocycles. The summed E-state index contributed by atoms with van der Waals surface area (Å²) in [6, 6.07) is -2.89. The Morgan fingerprint density at radius 1 is 1.07 bits per heavy atom. The number of allylic oxidation sites excluding steroid dienone is 5. The van der Waals surface area contributed by atoms with Crippen LogP contribution in [0.1, 0.15) is 34.1 Å². The predicted molar refractivity (Wildman–Crippen MR) is 144 cm³/mol. The van der Waals surface area contributed by atoms with E-state index in [2.05, 4.69) is 6.07 Å². The van der Waals surface area contributed by atoms with E-state index >= 15 is 0 Å². The normalized spacial score (nSPS) is 32.1. The van der Waals surface area contributed by atoms with Gasteiger partial charge in [-0.25, -0.2) is 4.79 Å².